The summed E-state index contributed by atoms with van der Waals surface area (Å²) in [5, 5.41) is 2.86. The highest BCUT2D eigenvalue weighted by molar-refractivity contribution is 6.04. The van der Waals surface area contributed by atoms with Gasteiger partial charge in [0.1, 0.15) is 6.04 Å². The van der Waals surface area contributed by atoms with Crippen molar-refractivity contribution in [2.75, 3.05) is 5.32 Å². The van der Waals surface area contributed by atoms with Crippen LogP contribution in [0.25, 0.3) is 0 Å². The van der Waals surface area contributed by atoms with Crippen LogP contribution in [0.15, 0.2) is 24.3 Å². The number of nitrogens with one attached hydrogen (secondary N) is 1. The third-order valence-electron chi connectivity index (χ3n) is 3.63. The average molecular weight is 274 g/mol. The molecule has 1 heterocycles. The number of anilines is 1. The number of unbranched alkanes of at least 4 members (excludes halogenated alkanes) is 1. The average Bonchev–Trinajstić information content (AvgIpc) is 2.73. The highest BCUT2D eigenvalue weighted by atomic mass is 16.2. The molecule has 1 N–H and O–H groups in total. The standard InChI is InChI=1S/C16H22N2O2/c1-4-5-10-14(19)18(11(2)3)15-12-8-6-7-9-13(12)17-16(15)20/h6-9,11,15H,4-5,10H2,1-3H3,(H,17,20). The van der Waals surface area contributed by atoms with E-state index in [-0.39, 0.29) is 17.9 Å². The summed E-state index contributed by atoms with van der Waals surface area (Å²) in [5.41, 5.74) is 1.72. The van der Waals surface area contributed by atoms with Gasteiger partial charge in [-0.25, -0.2) is 0 Å². The first kappa shape index (κ1) is 14.6. The lowest BCUT2D eigenvalue weighted by Crippen LogP contribution is -2.42. The maximum Gasteiger partial charge on any atom is 0.251 e. The second-order valence-electron chi connectivity index (χ2n) is 5.48. The highest BCUT2D eigenvalue weighted by Gasteiger charge is 2.38. The van der Waals surface area contributed by atoms with E-state index in [4.69, 9.17) is 0 Å². The molecule has 2 rings (SSSR count). The topological polar surface area (TPSA) is 49.4 Å². The van der Waals surface area contributed by atoms with Gasteiger partial charge in [0.25, 0.3) is 5.91 Å². The van der Waals surface area contributed by atoms with Crippen molar-refractivity contribution in [3.05, 3.63) is 29.8 Å². The van der Waals surface area contributed by atoms with E-state index in [1.165, 1.54) is 0 Å². The molecule has 4 heteroatoms. The Hall–Kier alpha value is -1.84. The zero-order valence-electron chi connectivity index (χ0n) is 12.3. The normalized spacial score (nSPS) is 17.0. The minimum absolute atomic E-state index is 0.00117. The fourth-order valence-corrected chi connectivity index (χ4v) is 2.65. The van der Waals surface area contributed by atoms with Gasteiger partial charge in [-0.2, -0.15) is 0 Å². The molecule has 20 heavy (non-hydrogen) atoms. The van der Waals surface area contributed by atoms with E-state index < -0.39 is 6.04 Å². The van der Waals surface area contributed by atoms with E-state index in [1.807, 2.05) is 38.1 Å². The number of para-hydroxylation sites is 1. The van der Waals surface area contributed by atoms with E-state index in [0.717, 1.165) is 24.1 Å². The molecular formula is C16H22N2O2. The number of carbonyl (C=O) groups excluding carboxylic acids is 2. The first-order valence-electron chi connectivity index (χ1n) is 7.27. The molecule has 0 radical (unpaired) electrons. The van der Waals surface area contributed by atoms with Crippen LogP contribution < -0.4 is 5.32 Å². The smallest absolute Gasteiger partial charge is 0.251 e. The Morgan fingerprint density at radius 3 is 2.70 bits per heavy atom. The van der Waals surface area contributed by atoms with Crippen LogP contribution in [-0.4, -0.2) is 22.8 Å². The first-order chi connectivity index (χ1) is 9.56. The van der Waals surface area contributed by atoms with E-state index in [9.17, 15) is 9.59 Å². The van der Waals surface area contributed by atoms with Gasteiger partial charge in [-0.1, -0.05) is 31.5 Å². The summed E-state index contributed by atoms with van der Waals surface area (Å²) in [5.74, 6) is -0.0524. The summed E-state index contributed by atoms with van der Waals surface area (Å²) in [7, 11) is 0. The van der Waals surface area contributed by atoms with E-state index >= 15 is 0 Å². The van der Waals surface area contributed by atoms with E-state index in [2.05, 4.69) is 12.2 Å². The van der Waals surface area contributed by atoms with Crippen molar-refractivity contribution in [2.24, 2.45) is 0 Å². The molecule has 1 aromatic carbocycles. The summed E-state index contributed by atoms with van der Waals surface area (Å²) in [6, 6.07) is 7.10. The van der Waals surface area contributed by atoms with Gasteiger partial charge >= 0.3 is 0 Å². The fraction of sp³-hybridized carbons (Fsp3) is 0.500. The molecular weight excluding hydrogens is 252 g/mol. The quantitative estimate of drug-likeness (QED) is 0.897. The maximum absolute atomic E-state index is 12.4. The van der Waals surface area contributed by atoms with Gasteiger partial charge in [0, 0.05) is 23.7 Å². The zero-order valence-corrected chi connectivity index (χ0v) is 12.3. The van der Waals surface area contributed by atoms with Crippen LogP contribution in [0.4, 0.5) is 5.69 Å². The molecule has 0 saturated heterocycles. The highest BCUT2D eigenvalue weighted by Crippen LogP contribution is 2.36. The molecule has 0 aliphatic carbocycles. The first-order valence-corrected chi connectivity index (χ1v) is 7.27. The van der Waals surface area contributed by atoms with Gasteiger partial charge in [-0.05, 0) is 26.3 Å². The van der Waals surface area contributed by atoms with Crippen molar-refractivity contribution in [3.63, 3.8) is 0 Å². The molecule has 1 atom stereocenters. The predicted octanol–water partition coefficient (Wildman–Crippen LogP) is 3.11. The van der Waals surface area contributed by atoms with E-state index in [0.29, 0.717) is 6.42 Å². The van der Waals surface area contributed by atoms with Gasteiger partial charge in [0.15, 0.2) is 0 Å². The Labute approximate surface area is 120 Å². The number of rotatable bonds is 5. The van der Waals surface area contributed by atoms with Crippen molar-refractivity contribution < 1.29 is 9.59 Å². The molecule has 2 amide bonds. The Bertz CT molecular complexity index is 511. The molecule has 0 fully saturated rings. The Balaban J connectivity index is 2.30. The molecule has 1 aromatic rings. The summed E-state index contributed by atoms with van der Waals surface area (Å²) in [4.78, 5) is 26.4. The molecule has 1 aliphatic rings. The molecule has 1 unspecified atom stereocenters. The van der Waals surface area contributed by atoms with Gasteiger partial charge in [0.05, 0.1) is 0 Å². The van der Waals surface area contributed by atoms with Crippen LogP contribution in [-0.2, 0) is 9.59 Å². The summed E-state index contributed by atoms with van der Waals surface area (Å²) >= 11 is 0. The number of amides is 2. The molecule has 108 valence electrons. The number of benzene rings is 1. The lowest BCUT2D eigenvalue weighted by Gasteiger charge is -2.31. The number of fused-ring (bicyclic) bond motifs is 1. The second-order valence-corrected chi connectivity index (χ2v) is 5.48. The minimum atomic E-state index is -0.490. The lowest BCUT2D eigenvalue weighted by atomic mass is 10.0. The number of nitrogens with zero attached hydrogens (tertiary/aromatic N) is 1. The molecule has 0 spiro atoms. The zero-order chi connectivity index (χ0) is 14.7. The lowest BCUT2D eigenvalue weighted by molar-refractivity contribution is -0.140. The minimum Gasteiger partial charge on any atom is -0.324 e. The number of hydrogen-bond donors (Lipinski definition) is 1. The van der Waals surface area contributed by atoms with Crippen LogP contribution in [0.5, 0.6) is 0 Å². The molecule has 4 nitrogen and oxygen atoms in total. The predicted molar refractivity (Wildman–Crippen MR) is 79.3 cm³/mol. The van der Waals surface area contributed by atoms with Crippen LogP contribution in [0.3, 0.4) is 0 Å². The Morgan fingerprint density at radius 1 is 1.35 bits per heavy atom. The van der Waals surface area contributed by atoms with Crippen molar-refractivity contribution >= 4 is 17.5 Å². The van der Waals surface area contributed by atoms with Crippen molar-refractivity contribution in [2.45, 2.75) is 52.1 Å². The van der Waals surface area contributed by atoms with Crippen LogP contribution in [0.2, 0.25) is 0 Å². The van der Waals surface area contributed by atoms with Crippen molar-refractivity contribution in [3.8, 4) is 0 Å². The summed E-state index contributed by atoms with van der Waals surface area (Å²) < 4.78 is 0. The number of carbonyl (C=O) groups is 2. The van der Waals surface area contributed by atoms with Crippen molar-refractivity contribution in [1.82, 2.24) is 4.90 Å². The van der Waals surface area contributed by atoms with E-state index in [1.54, 1.807) is 4.90 Å². The molecule has 1 aliphatic heterocycles. The molecule has 0 aromatic heterocycles. The van der Waals surface area contributed by atoms with Crippen molar-refractivity contribution in [1.29, 1.82) is 0 Å². The van der Waals surface area contributed by atoms with Gasteiger partial charge < -0.3 is 10.2 Å². The SMILES string of the molecule is CCCCC(=O)N(C(C)C)C1C(=O)Nc2ccccc21. The van der Waals surface area contributed by atoms with Gasteiger partial charge in [-0.3, -0.25) is 9.59 Å². The maximum atomic E-state index is 12.4. The molecule has 0 bridgehead atoms. The Kier molecular flexibility index (Phi) is 4.42. The van der Waals surface area contributed by atoms with Gasteiger partial charge in [0.2, 0.25) is 5.91 Å². The largest absolute Gasteiger partial charge is 0.324 e. The number of hydrogen-bond acceptors (Lipinski definition) is 2. The molecule has 0 saturated carbocycles. The third-order valence-corrected chi connectivity index (χ3v) is 3.63. The Morgan fingerprint density at radius 2 is 2.05 bits per heavy atom. The van der Waals surface area contributed by atoms with Crippen LogP contribution in [0.1, 0.15) is 51.6 Å². The second kappa shape index (κ2) is 6.07. The van der Waals surface area contributed by atoms with Crippen LogP contribution in [0, 0.1) is 0 Å². The van der Waals surface area contributed by atoms with Gasteiger partial charge in [-0.15, -0.1) is 0 Å². The summed E-state index contributed by atoms with van der Waals surface area (Å²) in [6.07, 6.45) is 2.34. The third kappa shape index (κ3) is 2.69. The fourth-order valence-electron chi connectivity index (χ4n) is 2.65. The van der Waals surface area contributed by atoms with Crippen LogP contribution >= 0.6 is 0 Å². The summed E-state index contributed by atoms with van der Waals surface area (Å²) in [6.45, 7) is 5.97. The monoisotopic (exact) mass is 274 g/mol.